The van der Waals surface area contributed by atoms with Crippen LogP contribution in [0.3, 0.4) is 0 Å². The largest absolute Gasteiger partial charge is 0.416 e. The molecule has 0 spiro atoms. The normalized spacial score (nSPS) is 11.3. The van der Waals surface area contributed by atoms with Gasteiger partial charge in [-0.15, -0.1) is 0 Å². The minimum atomic E-state index is -4.41. The van der Waals surface area contributed by atoms with Gasteiger partial charge in [0.2, 0.25) is 0 Å². The fourth-order valence-electron chi connectivity index (χ4n) is 5.29. The summed E-state index contributed by atoms with van der Waals surface area (Å²) in [6.07, 6.45) is -4.41. The number of hydrogen-bond acceptors (Lipinski definition) is 2. The fourth-order valence-corrected chi connectivity index (χ4v) is 5.29. The van der Waals surface area contributed by atoms with Gasteiger partial charge in [-0.05, 0) is 114 Å². The first-order valence-corrected chi connectivity index (χ1v) is 14.5. The van der Waals surface area contributed by atoms with Crippen LogP contribution in [0, 0.1) is 12.7 Å². The van der Waals surface area contributed by atoms with E-state index in [1.165, 1.54) is 29.8 Å². The number of benzene rings is 6. The molecule has 0 atom stereocenters. The summed E-state index contributed by atoms with van der Waals surface area (Å²) in [5.41, 5.74) is 8.74. The molecule has 0 unspecified atom stereocenters. The Kier molecular flexibility index (Phi) is 8.14. The molecule has 0 aliphatic heterocycles. The highest BCUT2D eigenvalue weighted by molar-refractivity contribution is 5.80. The van der Waals surface area contributed by atoms with E-state index in [1.54, 1.807) is 12.1 Å². The third-order valence-corrected chi connectivity index (χ3v) is 7.89. The van der Waals surface area contributed by atoms with Gasteiger partial charge < -0.3 is 9.80 Å². The molecule has 0 fully saturated rings. The van der Waals surface area contributed by atoms with Gasteiger partial charge in [-0.2, -0.15) is 13.2 Å². The summed E-state index contributed by atoms with van der Waals surface area (Å²) >= 11 is 0. The summed E-state index contributed by atoms with van der Waals surface area (Å²) in [5, 5.41) is 0. The van der Waals surface area contributed by atoms with E-state index in [2.05, 4.69) is 24.3 Å². The second-order valence-electron chi connectivity index (χ2n) is 10.9. The predicted molar refractivity (Wildman–Crippen MR) is 176 cm³/mol. The van der Waals surface area contributed by atoms with Crippen LogP contribution in [0.4, 0.5) is 46.0 Å². The highest BCUT2D eigenvalue weighted by Crippen LogP contribution is 2.39. The Bertz CT molecular complexity index is 1860. The molecule has 0 radical (unpaired) electrons. The number of rotatable bonds is 7. The van der Waals surface area contributed by atoms with Crippen LogP contribution in [-0.4, -0.2) is 7.05 Å². The Labute approximate surface area is 260 Å². The van der Waals surface area contributed by atoms with Crippen molar-refractivity contribution in [1.82, 2.24) is 0 Å². The molecule has 0 saturated carbocycles. The maximum atomic E-state index is 13.4. The lowest BCUT2D eigenvalue weighted by atomic mass is 10.0. The summed E-state index contributed by atoms with van der Waals surface area (Å²) in [5.74, 6) is -0.276. The van der Waals surface area contributed by atoms with Gasteiger partial charge in [-0.3, -0.25) is 0 Å². The zero-order valence-electron chi connectivity index (χ0n) is 24.8. The van der Waals surface area contributed by atoms with Crippen LogP contribution in [0.1, 0.15) is 11.1 Å². The molecule has 2 nitrogen and oxygen atoms in total. The molecule has 6 aromatic rings. The number of halogens is 4. The molecule has 0 N–H and O–H groups in total. The van der Waals surface area contributed by atoms with Gasteiger partial charge in [0.15, 0.2) is 0 Å². The van der Waals surface area contributed by atoms with E-state index >= 15 is 0 Å². The predicted octanol–water partition coefficient (Wildman–Crippen LogP) is 11.7. The number of hydrogen-bond donors (Lipinski definition) is 0. The summed E-state index contributed by atoms with van der Waals surface area (Å²) in [7, 11) is 1.93. The van der Waals surface area contributed by atoms with Gasteiger partial charge in [0.1, 0.15) is 5.82 Å². The molecule has 0 aliphatic carbocycles. The van der Waals surface area contributed by atoms with Crippen LogP contribution in [0.5, 0.6) is 0 Å². The van der Waals surface area contributed by atoms with Gasteiger partial charge >= 0.3 is 6.18 Å². The maximum absolute atomic E-state index is 13.4. The van der Waals surface area contributed by atoms with Crippen LogP contribution in [0.25, 0.3) is 22.3 Å². The van der Waals surface area contributed by atoms with Crippen molar-refractivity contribution in [3.8, 4) is 22.3 Å². The second-order valence-corrected chi connectivity index (χ2v) is 10.9. The van der Waals surface area contributed by atoms with Crippen molar-refractivity contribution < 1.29 is 17.6 Å². The average molecular weight is 603 g/mol. The molecule has 0 heterocycles. The van der Waals surface area contributed by atoms with E-state index in [9.17, 15) is 17.6 Å². The number of anilines is 5. The van der Waals surface area contributed by atoms with Crippen molar-refractivity contribution in [2.24, 2.45) is 0 Å². The van der Waals surface area contributed by atoms with Crippen LogP contribution in [-0.2, 0) is 6.18 Å². The molecular formula is C39H30F4N2. The Morgan fingerprint density at radius 1 is 0.422 bits per heavy atom. The standard InChI is InChI=1S/C39H30F4N2/c1-27-3-5-28(6-4-27)30-9-19-36(20-10-30)45(38-23-13-32(14-24-38)39(41,42)43)37-21-11-31(12-22-37)29-7-17-34(18-8-29)44(2)35-25-15-33(40)16-26-35/h3-26H,1-2H3. The van der Waals surface area contributed by atoms with Crippen LogP contribution < -0.4 is 9.80 Å². The first-order chi connectivity index (χ1) is 21.7. The van der Waals surface area contributed by atoms with Gasteiger partial charge in [-0.25, -0.2) is 4.39 Å². The van der Waals surface area contributed by atoms with Crippen molar-refractivity contribution in [1.29, 1.82) is 0 Å². The number of aryl methyl sites for hydroxylation is 1. The van der Waals surface area contributed by atoms with Crippen molar-refractivity contribution in [3.05, 3.63) is 163 Å². The number of nitrogens with zero attached hydrogens (tertiary/aromatic N) is 2. The highest BCUT2D eigenvalue weighted by Gasteiger charge is 2.30. The molecule has 45 heavy (non-hydrogen) atoms. The average Bonchev–Trinajstić information content (AvgIpc) is 3.06. The lowest BCUT2D eigenvalue weighted by Crippen LogP contribution is -2.11. The first kappa shape index (κ1) is 29.7. The SMILES string of the molecule is Cc1ccc(-c2ccc(N(c3ccc(-c4ccc(N(C)c5ccc(F)cc5)cc4)cc3)c3ccc(C(F)(F)F)cc3)cc2)cc1. The molecule has 6 rings (SSSR count). The molecule has 0 bridgehead atoms. The lowest BCUT2D eigenvalue weighted by Gasteiger charge is -2.26. The zero-order chi connectivity index (χ0) is 31.6. The number of alkyl halides is 3. The van der Waals surface area contributed by atoms with E-state index < -0.39 is 11.7 Å². The van der Waals surface area contributed by atoms with Gasteiger partial charge in [0.05, 0.1) is 5.56 Å². The second kappa shape index (κ2) is 12.3. The van der Waals surface area contributed by atoms with Crippen LogP contribution in [0.15, 0.2) is 146 Å². The van der Waals surface area contributed by atoms with E-state index in [0.29, 0.717) is 5.69 Å². The van der Waals surface area contributed by atoms with Gasteiger partial charge in [0.25, 0.3) is 0 Å². The van der Waals surface area contributed by atoms with E-state index in [0.717, 1.165) is 57.1 Å². The molecule has 6 aromatic carbocycles. The quantitative estimate of drug-likeness (QED) is 0.168. The smallest absolute Gasteiger partial charge is 0.345 e. The Morgan fingerprint density at radius 2 is 0.733 bits per heavy atom. The molecule has 0 aromatic heterocycles. The lowest BCUT2D eigenvalue weighted by molar-refractivity contribution is -0.137. The van der Waals surface area contributed by atoms with Crippen molar-refractivity contribution in [2.75, 3.05) is 16.8 Å². The van der Waals surface area contributed by atoms with Crippen LogP contribution >= 0.6 is 0 Å². The highest BCUT2D eigenvalue weighted by atomic mass is 19.4. The van der Waals surface area contributed by atoms with Gasteiger partial charge in [0, 0.05) is 35.5 Å². The Hall–Kier alpha value is -5.36. The third-order valence-electron chi connectivity index (χ3n) is 7.89. The van der Waals surface area contributed by atoms with E-state index in [-0.39, 0.29) is 5.82 Å². The molecule has 0 aliphatic rings. The summed E-state index contributed by atoms with van der Waals surface area (Å²) < 4.78 is 53.4. The molecule has 0 saturated heterocycles. The van der Waals surface area contributed by atoms with E-state index in [4.69, 9.17) is 0 Å². The van der Waals surface area contributed by atoms with Crippen molar-refractivity contribution in [3.63, 3.8) is 0 Å². The minimum Gasteiger partial charge on any atom is -0.345 e. The molecule has 0 amide bonds. The summed E-state index contributed by atoms with van der Waals surface area (Å²) in [4.78, 5) is 3.93. The fraction of sp³-hybridized carbons (Fsp3) is 0.0769. The molecule has 224 valence electrons. The third kappa shape index (κ3) is 6.60. The minimum absolute atomic E-state index is 0.276. The monoisotopic (exact) mass is 602 g/mol. The topological polar surface area (TPSA) is 6.48 Å². The maximum Gasteiger partial charge on any atom is 0.416 e. The first-order valence-electron chi connectivity index (χ1n) is 14.5. The molecule has 6 heteroatoms. The van der Waals surface area contributed by atoms with Crippen molar-refractivity contribution >= 4 is 28.4 Å². The van der Waals surface area contributed by atoms with Crippen molar-refractivity contribution in [2.45, 2.75) is 13.1 Å². The summed E-state index contributed by atoms with van der Waals surface area (Å²) in [6.45, 7) is 2.05. The molecular weight excluding hydrogens is 572 g/mol. The van der Waals surface area contributed by atoms with Crippen LogP contribution in [0.2, 0.25) is 0 Å². The zero-order valence-corrected chi connectivity index (χ0v) is 24.8. The van der Waals surface area contributed by atoms with E-state index in [1.807, 2.05) is 96.6 Å². The summed E-state index contributed by atoms with van der Waals surface area (Å²) in [6, 6.07) is 43.9. The Balaban J connectivity index is 1.30. The van der Waals surface area contributed by atoms with Gasteiger partial charge in [-0.1, -0.05) is 66.2 Å². The Morgan fingerprint density at radius 3 is 1.11 bits per heavy atom.